The first kappa shape index (κ1) is 19.6. The summed E-state index contributed by atoms with van der Waals surface area (Å²) in [4.78, 5) is 19.9. The molecule has 152 valence electrons. The minimum atomic E-state index is -0.314. The van der Waals surface area contributed by atoms with E-state index in [1.54, 1.807) is 12.3 Å². The SMILES string of the molecule is Cc1[nH]c2ccc(F)cc2c1CC(=O)NCc1cccc(OCc2ccccn2)c1. The molecule has 0 aliphatic heterocycles. The molecule has 2 heterocycles. The highest BCUT2D eigenvalue weighted by Crippen LogP contribution is 2.23. The number of carbonyl (C=O) groups is 1. The Hall–Kier alpha value is -3.67. The normalized spacial score (nSPS) is 10.9. The molecule has 2 aromatic heterocycles. The number of amides is 1. The molecule has 2 N–H and O–H groups in total. The van der Waals surface area contributed by atoms with Crippen molar-refractivity contribution in [2.45, 2.75) is 26.5 Å². The van der Waals surface area contributed by atoms with E-state index in [2.05, 4.69) is 15.3 Å². The van der Waals surface area contributed by atoms with E-state index in [-0.39, 0.29) is 18.1 Å². The lowest BCUT2D eigenvalue weighted by atomic mass is 10.1. The van der Waals surface area contributed by atoms with Crippen molar-refractivity contribution in [1.29, 1.82) is 0 Å². The molecule has 0 unspecified atom stereocenters. The number of aryl methyl sites for hydroxylation is 1. The van der Waals surface area contributed by atoms with Crippen molar-refractivity contribution < 1.29 is 13.9 Å². The Kier molecular flexibility index (Phi) is 5.75. The number of hydrogen-bond acceptors (Lipinski definition) is 3. The Balaban J connectivity index is 1.36. The van der Waals surface area contributed by atoms with Crippen LogP contribution in [0.25, 0.3) is 10.9 Å². The smallest absolute Gasteiger partial charge is 0.224 e. The van der Waals surface area contributed by atoms with E-state index in [0.29, 0.717) is 13.2 Å². The lowest BCUT2D eigenvalue weighted by Crippen LogP contribution is -2.24. The molecule has 0 saturated heterocycles. The molecule has 4 rings (SSSR count). The first-order valence-corrected chi connectivity index (χ1v) is 9.73. The number of aromatic nitrogens is 2. The summed E-state index contributed by atoms with van der Waals surface area (Å²) in [5.41, 5.74) is 4.30. The van der Waals surface area contributed by atoms with Crippen LogP contribution in [0.5, 0.6) is 5.75 Å². The van der Waals surface area contributed by atoms with Gasteiger partial charge in [-0.15, -0.1) is 0 Å². The first-order chi connectivity index (χ1) is 14.6. The Bertz CT molecular complexity index is 1170. The Morgan fingerprint density at radius 1 is 1.13 bits per heavy atom. The molecular formula is C24H22FN3O2. The van der Waals surface area contributed by atoms with Gasteiger partial charge in [0.05, 0.1) is 12.1 Å². The predicted molar refractivity (Wildman–Crippen MR) is 114 cm³/mol. The van der Waals surface area contributed by atoms with Crippen molar-refractivity contribution >= 4 is 16.8 Å². The number of rotatable bonds is 7. The van der Waals surface area contributed by atoms with Gasteiger partial charge in [0, 0.05) is 29.3 Å². The molecule has 5 nitrogen and oxygen atoms in total. The number of pyridine rings is 1. The van der Waals surface area contributed by atoms with Crippen molar-refractivity contribution in [3.05, 3.63) is 95.2 Å². The molecule has 0 aliphatic carbocycles. The van der Waals surface area contributed by atoms with E-state index < -0.39 is 0 Å². The van der Waals surface area contributed by atoms with Crippen LogP contribution in [0.2, 0.25) is 0 Å². The van der Waals surface area contributed by atoms with Gasteiger partial charge in [-0.25, -0.2) is 4.39 Å². The lowest BCUT2D eigenvalue weighted by Gasteiger charge is -2.09. The zero-order valence-corrected chi connectivity index (χ0v) is 16.6. The van der Waals surface area contributed by atoms with Gasteiger partial charge in [0.15, 0.2) is 0 Å². The van der Waals surface area contributed by atoms with Gasteiger partial charge in [0.25, 0.3) is 0 Å². The van der Waals surface area contributed by atoms with Gasteiger partial charge in [-0.1, -0.05) is 18.2 Å². The van der Waals surface area contributed by atoms with Crippen LogP contribution in [0, 0.1) is 12.7 Å². The number of benzene rings is 2. The number of fused-ring (bicyclic) bond motifs is 1. The quantitative estimate of drug-likeness (QED) is 0.479. The summed E-state index contributed by atoms with van der Waals surface area (Å²) in [6.07, 6.45) is 1.92. The fourth-order valence-corrected chi connectivity index (χ4v) is 3.39. The second kappa shape index (κ2) is 8.78. The standard InChI is InChI=1S/C24H22FN3O2/c1-16-21(22-12-18(25)8-9-23(22)28-16)13-24(29)27-14-17-5-4-7-20(11-17)30-15-19-6-2-3-10-26-19/h2-12,28H,13-15H2,1H3,(H,27,29). The number of nitrogens with zero attached hydrogens (tertiary/aromatic N) is 1. The summed E-state index contributed by atoms with van der Waals surface area (Å²) >= 11 is 0. The summed E-state index contributed by atoms with van der Waals surface area (Å²) in [7, 11) is 0. The summed E-state index contributed by atoms with van der Waals surface area (Å²) in [6.45, 7) is 2.66. The van der Waals surface area contributed by atoms with Gasteiger partial charge in [0.2, 0.25) is 5.91 Å². The molecule has 1 amide bonds. The summed E-state index contributed by atoms with van der Waals surface area (Å²) < 4.78 is 19.4. The molecule has 0 radical (unpaired) electrons. The molecule has 0 bridgehead atoms. The monoisotopic (exact) mass is 403 g/mol. The number of nitrogens with one attached hydrogen (secondary N) is 2. The van der Waals surface area contributed by atoms with Crippen LogP contribution in [0.15, 0.2) is 66.9 Å². The molecule has 0 aliphatic rings. The predicted octanol–water partition coefficient (Wildman–Crippen LogP) is 4.45. The van der Waals surface area contributed by atoms with E-state index in [9.17, 15) is 9.18 Å². The van der Waals surface area contributed by atoms with E-state index in [0.717, 1.165) is 39.2 Å². The highest BCUT2D eigenvalue weighted by atomic mass is 19.1. The maximum Gasteiger partial charge on any atom is 0.224 e. The minimum Gasteiger partial charge on any atom is -0.487 e. The minimum absolute atomic E-state index is 0.122. The third kappa shape index (κ3) is 4.66. The van der Waals surface area contributed by atoms with Gasteiger partial charge in [-0.3, -0.25) is 9.78 Å². The molecule has 2 aromatic carbocycles. The van der Waals surface area contributed by atoms with Gasteiger partial charge in [-0.2, -0.15) is 0 Å². The van der Waals surface area contributed by atoms with Crippen molar-refractivity contribution in [3.63, 3.8) is 0 Å². The topological polar surface area (TPSA) is 67.0 Å². The summed E-state index contributed by atoms with van der Waals surface area (Å²) in [6, 6.07) is 17.8. The molecule has 4 aromatic rings. The number of ether oxygens (including phenoxy) is 1. The van der Waals surface area contributed by atoms with E-state index in [4.69, 9.17) is 4.74 Å². The van der Waals surface area contributed by atoms with Gasteiger partial charge in [0.1, 0.15) is 18.2 Å². The van der Waals surface area contributed by atoms with Crippen molar-refractivity contribution in [1.82, 2.24) is 15.3 Å². The largest absolute Gasteiger partial charge is 0.487 e. The fraction of sp³-hybridized carbons (Fsp3) is 0.167. The zero-order chi connectivity index (χ0) is 20.9. The molecule has 6 heteroatoms. The summed E-state index contributed by atoms with van der Waals surface area (Å²) in [5.74, 6) is 0.282. The van der Waals surface area contributed by atoms with E-state index >= 15 is 0 Å². The number of hydrogen-bond donors (Lipinski definition) is 2. The third-order valence-corrected chi connectivity index (χ3v) is 4.92. The summed E-state index contributed by atoms with van der Waals surface area (Å²) in [5, 5.41) is 3.67. The molecule has 0 fully saturated rings. The van der Waals surface area contributed by atoms with E-state index in [1.165, 1.54) is 12.1 Å². The van der Waals surface area contributed by atoms with Crippen LogP contribution in [0.3, 0.4) is 0 Å². The van der Waals surface area contributed by atoms with Crippen molar-refractivity contribution in [2.24, 2.45) is 0 Å². The number of carbonyl (C=O) groups excluding carboxylic acids is 1. The Labute approximate surface area is 173 Å². The molecule has 0 atom stereocenters. The van der Waals surface area contributed by atoms with Crippen molar-refractivity contribution in [2.75, 3.05) is 0 Å². The second-order valence-electron chi connectivity index (χ2n) is 7.13. The zero-order valence-electron chi connectivity index (χ0n) is 16.6. The highest BCUT2D eigenvalue weighted by Gasteiger charge is 2.13. The van der Waals surface area contributed by atoms with Gasteiger partial charge in [-0.05, 0) is 60.5 Å². The average molecular weight is 403 g/mol. The molecule has 30 heavy (non-hydrogen) atoms. The highest BCUT2D eigenvalue weighted by molar-refractivity contribution is 5.90. The first-order valence-electron chi connectivity index (χ1n) is 9.73. The molecule has 0 spiro atoms. The number of halogens is 1. The number of H-pyrrole nitrogens is 1. The van der Waals surface area contributed by atoms with Crippen LogP contribution in [-0.4, -0.2) is 15.9 Å². The average Bonchev–Trinajstić information content (AvgIpc) is 3.06. The van der Waals surface area contributed by atoms with Crippen LogP contribution >= 0.6 is 0 Å². The second-order valence-corrected chi connectivity index (χ2v) is 7.13. The van der Waals surface area contributed by atoms with Crippen LogP contribution in [-0.2, 0) is 24.4 Å². The molecular weight excluding hydrogens is 381 g/mol. The maximum atomic E-state index is 13.6. The molecule has 0 saturated carbocycles. The van der Waals surface area contributed by atoms with Crippen LogP contribution in [0.1, 0.15) is 22.5 Å². The lowest BCUT2D eigenvalue weighted by molar-refractivity contribution is -0.120. The third-order valence-electron chi connectivity index (χ3n) is 4.92. The maximum absolute atomic E-state index is 13.6. The van der Waals surface area contributed by atoms with Crippen molar-refractivity contribution in [3.8, 4) is 5.75 Å². The van der Waals surface area contributed by atoms with Crippen LogP contribution < -0.4 is 10.1 Å². The Morgan fingerprint density at radius 3 is 2.87 bits per heavy atom. The van der Waals surface area contributed by atoms with Gasteiger partial charge < -0.3 is 15.0 Å². The number of aromatic amines is 1. The van der Waals surface area contributed by atoms with Gasteiger partial charge >= 0.3 is 0 Å². The van der Waals surface area contributed by atoms with E-state index in [1.807, 2.05) is 49.4 Å². The van der Waals surface area contributed by atoms with Crippen LogP contribution in [0.4, 0.5) is 4.39 Å². The fourth-order valence-electron chi connectivity index (χ4n) is 3.39. The Morgan fingerprint density at radius 2 is 2.03 bits per heavy atom.